The lowest BCUT2D eigenvalue weighted by Gasteiger charge is -2.28. The predicted molar refractivity (Wildman–Crippen MR) is 65.2 cm³/mol. The molecule has 2 atom stereocenters. The molecular formula is C11H21NO4S. The van der Waals surface area contributed by atoms with Crippen LogP contribution in [0.25, 0.3) is 0 Å². The SMILES string of the molecule is CC1CCCCC1CNS(=O)(=O)CCC(=O)O. The van der Waals surface area contributed by atoms with Crippen molar-refractivity contribution >= 4 is 16.0 Å². The monoisotopic (exact) mass is 263 g/mol. The molecule has 1 rings (SSSR count). The lowest BCUT2D eigenvalue weighted by Crippen LogP contribution is -2.35. The molecule has 1 aliphatic rings. The van der Waals surface area contributed by atoms with E-state index in [2.05, 4.69) is 11.6 Å². The van der Waals surface area contributed by atoms with Gasteiger partial charge in [-0.25, -0.2) is 13.1 Å². The fourth-order valence-electron chi connectivity index (χ4n) is 2.22. The van der Waals surface area contributed by atoms with Crippen LogP contribution in [0.2, 0.25) is 0 Å². The first kappa shape index (κ1) is 14.4. The van der Waals surface area contributed by atoms with Gasteiger partial charge in [0, 0.05) is 6.54 Å². The Morgan fingerprint density at radius 2 is 2.00 bits per heavy atom. The second-order valence-corrected chi connectivity index (χ2v) is 6.76. The van der Waals surface area contributed by atoms with Gasteiger partial charge in [0.2, 0.25) is 10.0 Å². The van der Waals surface area contributed by atoms with Crippen molar-refractivity contribution in [2.24, 2.45) is 11.8 Å². The highest BCUT2D eigenvalue weighted by atomic mass is 32.2. The third-order valence-electron chi connectivity index (χ3n) is 3.44. The van der Waals surface area contributed by atoms with E-state index in [0.717, 1.165) is 19.3 Å². The van der Waals surface area contributed by atoms with Gasteiger partial charge in [0.25, 0.3) is 0 Å². The van der Waals surface area contributed by atoms with Crippen LogP contribution in [0.1, 0.15) is 39.0 Å². The number of sulfonamides is 1. The van der Waals surface area contributed by atoms with Crippen LogP contribution in [0.4, 0.5) is 0 Å². The minimum atomic E-state index is -3.43. The van der Waals surface area contributed by atoms with Crippen LogP contribution in [0.3, 0.4) is 0 Å². The number of rotatable bonds is 6. The smallest absolute Gasteiger partial charge is 0.304 e. The molecule has 1 saturated carbocycles. The molecule has 0 heterocycles. The lowest BCUT2D eigenvalue weighted by molar-refractivity contribution is -0.136. The molecule has 17 heavy (non-hydrogen) atoms. The van der Waals surface area contributed by atoms with Crippen molar-refractivity contribution in [3.63, 3.8) is 0 Å². The van der Waals surface area contributed by atoms with Crippen molar-refractivity contribution < 1.29 is 18.3 Å². The van der Waals surface area contributed by atoms with E-state index in [4.69, 9.17) is 5.11 Å². The molecule has 100 valence electrons. The molecule has 1 aliphatic carbocycles. The minimum absolute atomic E-state index is 0.330. The zero-order valence-corrected chi connectivity index (χ0v) is 11.0. The quantitative estimate of drug-likeness (QED) is 0.754. The molecule has 1 fully saturated rings. The summed E-state index contributed by atoms with van der Waals surface area (Å²) < 4.78 is 25.5. The number of carbonyl (C=O) groups is 1. The Labute approximate surface area is 103 Å². The van der Waals surface area contributed by atoms with Crippen LogP contribution in [-0.2, 0) is 14.8 Å². The average molecular weight is 263 g/mol. The van der Waals surface area contributed by atoms with E-state index in [1.54, 1.807) is 0 Å². The number of carboxylic acids is 1. The summed E-state index contributed by atoms with van der Waals surface area (Å²) in [7, 11) is -3.43. The van der Waals surface area contributed by atoms with Crippen LogP contribution >= 0.6 is 0 Å². The molecule has 0 aromatic rings. The summed E-state index contributed by atoms with van der Waals surface area (Å²) in [5, 5.41) is 8.44. The molecule has 0 aromatic carbocycles. The average Bonchev–Trinajstić information content (AvgIpc) is 2.26. The highest BCUT2D eigenvalue weighted by Gasteiger charge is 2.23. The van der Waals surface area contributed by atoms with Crippen molar-refractivity contribution in [2.45, 2.75) is 39.0 Å². The van der Waals surface area contributed by atoms with Crippen molar-refractivity contribution in [1.29, 1.82) is 0 Å². The highest BCUT2D eigenvalue weighted by Crippen LogP contribution is 2.28. The molecule has 0 bridgehead atoms. The van der Waals surface area contributed by atoms with Crippen LogP contribution in [-0.4, -0.2) is 31.8 Å². The Morgan fingerprint density at radius 3 is 2.59 bits per heavy atom. The van der Waals surface area contributed by atoms with Crippen molar-refractivity contribution in [3.05, 3.63) is 0 Å². The summed E-state index contributed by atoms with van der Waals surface area (Å²) >= 11 is 0. The molecule has 6 heteroatoms. The zero-order valence-electron chi connectivity index (χ0n) is 10.2. The molecule has 0 aliphatic heterocycles. The van der Waals surface area contributed by atoms with Crippen molar-refractivity contribution in [3.8, 4) is 0 Å². The maximum absolute atomic E-state index is 11.5. The largest absolute Gasteiger partial charge is 0.481 e. The topological polar surface area (TPSA) is 83.5 Å². The van der Waals surface area contributed by atoms with Gasteiger partial charge in [0.15, 0.2) is 0 Å². The Kier molecular flexibility index (Phi) is 5.39. The Morgan fingerprint density at radius 1 is 1.35 bits per heavy atom. The summed E-state index contributed by atoms with van der Waals surface area (Å²) in [4.78, 5) is 10.3. The molecule has 0 saturated heterocycles. The van der Waals surface area contributed by atoms with E-state index in [9.17, 15) is 13.2 Å². The standard InChI is InChI=1S/C11H21NO4S/c1-9-4-2-3-5-10(9)8-12-17(15,16)7-6-11(13)14/h9-10,12H,2-8H2,1H3,(H,13,14). The second-order valence-electron chi connectivity index (χ2n) is 4.83. The van der Waals surface area contributed by atoms with E-state index in [1.807, 2.05) is 0 Å². The van der Waals surface area contributed by atoms with Crippen molar-refractivity contribution in [1.82, 2.24) is 4.72 Å². The third-order valence-corrected chi connectivity index (χ3v) is 4.79. The summed E-state index contributed by atoms with van der Waals surface area (Å²) in [6.07, 6.45) is 4.26. The number of carboxylic acid groups (broad SMARTS) is 1. The maximum Gasteiger partial charge on any atom is 0.304 e. The number of hydrogen-bond donors (Lipinski definition) is 2. The first-order valence-electron chi connectivity index (χ1n) is 6.10. The van der Waals surface area contributed by atoms with Gasteiger partial charge in [-0.2, -0.15) is 0 Å². The molecule has 0 radical (unpaired) electrons. The molecule has 0 amide bonds. The summed E-state index contributed by atoms with van der Waals surface area (Å²) in [6, 6.07) is 0. The summed E-state index contributed by atoms with van der Waals surface area (Å²) in [6.45, 7) is 2.60. The molecule has 0 aromatic heterocycles. The van der Waals surface area contributed by atoms with Crippen LogP contribution < -0.4 is 4.72 Å². The van der Waals surface area contributed by atoms with Gasteiger partial charge in [0.1, 0.15) is 0 Å². The third kappa shape index (κ3) is 5.50. The van der Waals surface area contributed by atoms with E-state index in [1.165, 1.54) is 6.42 Å². The van der Waals surface area contributed by atoms with E-state index < -0.39 is 16.0 Å². The number of nitrogens with one attached hydrogen (secondary N) is 1. The fraction of sp³-hybridized carbons (Fsp3) is 0.909. The predicted octanol–water partition coefficient (Wildman–Crippen LogP) is 1.21. The molecule has 2 N–H and O–H groups in total. The molecule has 5 nitrogen and oxygen atoms in total. The Hall–Kier alpha value is -0.620. The van der Waals surface area contributed by atoms with Gasteiger partial charge in [-0.3, -0.25) is 4.79 Å². The minimum Gasteiger partial charge on any atom is -0.481 e. The molecular weight excluding hydrogens is 242 g/mol. The molecule has 0 spiro atoms. The zero-order chi connectivity index (χ0) is 12.9. The van der Waals surface area contributed by atoms with Crippen LogP contribution in [0.5, 0.6) is 0 Å². The molecule has 2 unspecified atom stereocenters. The Bertz CT molecular complexity index is 352. The van der Waals surface area contributed by atoms with Gasteiger partial charge in [-0.1, -0.05) is 26.2 Å². The van der Waals surface area contributed by atoms with E-state index in [-0.39, 0.29) is 12.2 Å². The maximum atomic E-state index is 11.5. The van der Waals surface area contributed by atoms with Gasteiger partial charge >= 0.3 is 5.97 Å². The van der Waals surface area contributed by atoms with Gasteiger partial charge in [0.05, 0.1) is 12.2 Å². The first-order valence-corrected chi connectivity index (χ1v) is 7.75. The second kappa shape index (κ2) is 6.35. The number of aliphatic carboxylic acids is 1. The van der Waals surface area contributed by atoms with Crippen LogP contribution in [0, 0.1) is 11.8 Å². The van der Waals surface area contributed by atoms with Gasteiger partial charge in [-0.05, 0) is 18.3 Å². The van der Waals surface area contributed by atoms with E-state index >= 15 is 0 Å². The van der Waals surface area contributed by atoms with Gasteiger partial charge < -0.3 is 5.11 Å². The lowest BCUT2D eigenvalue weighted by atomic mass is 9.81. The fourth-order valence-corrected chi connectivity index (χ4v) is 3.28. The highest BCUT2D eigenvalue weighted by molar-refractivity contribution is 7.89. The first-order chi connectivity index (χ1) is 7.91. The normalized spacial score (nSPS) is 25.7. The van der Waals surface area contributed by atoms with Crippen LogP contribution in [0.15, 0.2) is 0 Å². The summed E-state index contributed by atoms with van der Waals surface area (Å²) in [5.41, 5.74) is 0. The van der Waals surface area contributed by atoms with E-state index in [0.29, 0.717) is 18.4 Å². The van der Waals surface area contributed by atoms with Crippen molar-refractivity contribution in [2.75, 3.05) is 12.3 Å². The number of hydrogen-bond acceptors (Lipinski definition) is 3. The summed E-state index contributed by atoms with van der Waals surface area (Å²) in [5.74, 6) is -0.473. The Balaban J connectivity index is 2.35. The van der Waals surface area contributed by atoms with Gasteiger partial charge in [-0.15, -0.1) is 0 Å².